The van der Waals surface area contributed by atoms with Crippen molar-refractivity contribution in [3.05, 3.63) is 100 Å². The van der Waals surface area contributed by atoms with Crippen LogP contribution >= 0.6 is 0 Å². The topological polar surface area (TPSA) is 40.9 Å². The standard InChI is InChI=1S/C17H14NOS.C6BF8/c1-20(19,12-11-15-5-3-2-4-6-15)14-17-9-7-16(13-18)8-10-17;8-2-1(7(13,14)15)3(9)5(11)6(12)4(2)10/h2-10H,14H2,1H3;/q+1;-1. The molecule has 0 heterocycles. The molecule has 0 radical (unpaired) electrons. The highest BCUT2D eigenvalue weighted by atomic mass is 32.2. The Morgan fingerprint density at radius 3 is 1.71 bits per heavy atom. The highest BCUT2D eigenvalue weighted by molar-refractivity contribution is 8.05. The van der Waals surface area contributed by atoms with Crippen molar-refractivity contribution in [2.45, 2.75) is 5.75 Å². The van der Waals surface area contributed by atoms with Gasteiger partial charge < -0.3 is 12.9 Å². The summed E-state index contributed by atoms with van der Waals surface area (Å²) in [4.78, 5) is 0. The van der Waals surface area contributed by atoms with Gasteiger partial charge in [0.1, 0.15) is 23.6 Å². The summed E-state index contributed by atoms with van der Waals surface area (Å²) >= 11 is 0. The largest absolute Gasteiger partial charge is 0.515 e. The van der Waals surface area contributed by atoms with E-state index in [4.69, 9.17) is 5.26 Å². The number of benzene rings is 3. The molecule has 1 atom stereocenters. The molecule has 0 saturated heterocycles. The van der Waals surface area contributed by atoms with Gasteiger partial charge in [-0.25, -0.2) is 22.0 Å². The van der Waals surface area contributed by atoms with E-state index in [0.717, 1.165) is 11.1 Å². The lowest BCUT2D eigenvalue weighted by atomic mass is 9.79. The molecule has 0 amide bonds. The van der Waals surface area contributed by atoms with Crippen molar-refractivity contribution in [3.8, 4) is 17.2 Å². The predicted molar refractivity (Wildman–Crippen MR) is 117 cm³/mol. The van der Waals surface area contributed by atoms with Crippen LogP contribution in [-0.4, -0.2) is 13.2 Å². The second-order valence-corrected chi connectivity index (χ2v) is 9.61. The minimum absolute atomic E-state index is 0.401. The Balaban J connectivity index is 0.000000258. The van der Waals surface area contributed by atoms with E-state index in [1.54, 1.807) is 18.4 Å². The zero-order chi connectivity index (χ0) is 26.4. The second-order valence-electron chi connectivity index (χ2n) is 7.11. The van der Waals surface area contributed by atoms with E-state index in [0.29, 0.717) is 11.3 Å². The van der Waals surface area contributed by atoms with Gasteiger partial charge in [-0.05, 0) is 35.6 Å². The fourth-order valence-corrected chi connectivity index (χ4v) is 3.86. The number of nitrogens with zero attached hydrogens (tertiary/aromatic N) is 1. The lowest BCUT2D eigenvalue weighted by molar-refractivity contribution is 0.377. The van der Waals surface area contributed by atoms with Gasteiger partial charge in [0.2, 0.25) is 0 Å². The Morgan fingerprint density at radius 2 is 1.26 bits per heavy atom. The van der Waals surface area contributed by atoms with Gasteiger partial charge in [0.05, 0.1) is 11.6 Å². The van der Waals surface area contributed by atoms with E-state index in [2.05, 4.69) is 17.2 Å². The van der Waals surface area contributed by atoms with Crippen molar-refractivity contribution in [3.63, 3.8) is 0 Å². The highest BCUT2D eigenvalue weighted by Crippen LogP contribution is 2.21. The van der Waals surface area contributed by atoms with Gasteiger partial charge in [0.25, 0.3) is 0 Å². The third kappa shape index (κ3) is 7.42. The Bertz CT molecular complexity index is 1330. The molecule has 1 unspecified atom stereocenters. The molecular weight excluding hydrogens is 501 g/mol. The van der Waals surface area contributed by atoms with Gasteiger partial charge >= 0.3 is 6.98 Å². The summed E-state index contributed by atoms with van der Waals surface area (Å²) in [5.41, 5.74) is -0.334. The summed E-state index contributed by atoms with van der Waals surface area (Å²) in [6, 6.07) is 18.7. The van der Waals surface area contributed by atoms with Crippen LogP contribution in [-0.2, 0) is 19.9 Å². The van der Waals surface area contributed by atoms with Crippen molar-refractivity contribution in [1.29, 1.82) is 5.26 Å². The quantitative estimate of drug-likeness (QED) is 0.113. The van der Waals surface area contributed by atoms with Gasteiger partial charge in [-0.2, -0.15) is 5.26 Å². The van der Waals surface area contributed by atoms with E-state index in [1.807, 2.05) is 42.5 Å². The average molecular weight is 515 g/mol. The van der Waals surface area contributed by atoms with Crippen molar-refractivity contribution >= 4 is 22.4 Å². The van der Waals surface area contributed by atoms with Gasteiger partial charge in [-0.3, -0.25) is 0 Å². The Morgan fingerprint density at radius 1 is 0.771 bits per heavy atom. The van der Waals surface area contributed by atoms with Crippen molar-refractivity contribution < 1.29 is 39.1 Å². The maximum absolute atomic E-state index is 12.5. The lowest BCUT2D eigenvalue weighted by Crippen LogP contribution is -2.41. The van der Waals surface area contributed by atoms with Crippen LogP contribution in [0.25, 0.3) is 0 Å². The molecule has 0 bridgehead atoms. The SMILES string of the molecule is C[S+](=O)(C#Cc1ccccc1)Cc1ccc(C#N)cc1.Fc1c(F)c(F)c([B-](F)(F)F)c(F)c1F. The van der Waals surface area contributed by atoms with Crippen LogP contribution in [0.1, 0.15) is 16.7 Å². The smallest absolute Gasteiger partial charge is 0.445 e. The average Bonchev–Trinajstić information content (AvgIpc) is 2.81. The Labute approximate surface area is 196 Å². The third-order valence-electron chi connectivity index (χ3n) is 4.28. The first-order valence-electron chi connectivity index (χ1n) is 9.52. The molecule has 0 spiro atoms. The molecule has 12 heteroatoms. The molecule has 0 saturated carbocycles. The maximum Gasteiger partial charge on any atom is 0.515 e. The van der Waals surface area contributed by atoms with Gasteiger partial charge in [0.15, 0.2) is 32.6 Å². The van der Waals surface area contributed by atoms with E-state index >= 15 is 0 Å². The second kappa shape index (κ2) is 11.2. The zero-order valence-electron chi connectivity index (χ0n) is 17.8. The Hall–Kier alpha value is -3.64. The predicted octanol–water partition coefficient (Wildman–Crippen LogP) is 5.63. The van der Waals surface area contributed by atoms with Crippen molar-refractivity contribution in [1.82, 2.24) is 0 Å². The van der Waals surface area contributed by atoms with E-state index in [-0.39, 0.29) is 0 Å². The number of hydrogen-bond acceptors (Lipinski definition) is 2. The summed E-state index contributed by atoms with van der Waals surface area (Å²) in [6.07, 6.45) is 1.67. The molecule has 3 aromatic rings. The van der Waals surface area contributed by atoms with Gasteiger partial charge in [0, 0.05) is 11.1 Å². The number of hydrogen-bond donors (Lipinski definition) is 0. The normalized spacial score (nSPS) is 12.3. The fraction of sp³-hybridized carbons (Fsp3) is 0.0870. The van der Waals surface area contributed by atoms with Crippen LogP contribution in [0.2, 0.25) is 0 Å². The molecule has 182 valence electrons. The summed E-state index contributed by atoms with van der Waals surface area (Å²) in [6.45, 7) is -6.30. The number of nitriles is 1. The molecule has 0 fully saturated rings. The molecule has 3 rings (SSSR count). The summed E-state index contributed by atoms with van der Waals surface area (Å²) in [5.74, 6) is -10.2. The molecule has 0 N–H and O–H groups in total. The molecule has 3 aromatic carbocycles. The molecule has 0 aliphatic carbocycles. The van der Waals surface area contributed by atoms with Crippen LogP contribution in [0.4, 0.5) is 34.9 Å². The first-order chi connectivity index (χ1) is 16.3. The van der Waals surface area contributed by atoms with Crippen LogP contribution in [0.5, 0.6) is 0 Å². The van der Waals surface area contributed by atoms with Crippen molar-refractivity contribution in [2.75, 3.05) is 6.26 Å². The first-order valence-corrected chi connectivity index (χ1v) is 11.7. The fourth-order valence-electron chi connectivity index (χ4n) is 2.63. The minimum atomic E-state index is -6.30. The monoisotopic (exact) mass is 515 g/mol. The number of rotatable bonds is 3. The molecule has 0 aliphatic rings. The third-order valence-corrected chi connectivity index (χ3v) is 5.70. The first kappa shape index (κ1) is 27.6. The summed E-state index contributed by atoms with van der Waals surface area (Å²) < 4.78 is 110. The van der Waals surface area contributed by atoms with E-state index in [9.17, 15) is 39.1 Å². The Kier molecular flexibility index (Phi) is 8.83. The molecule has 0 aliphatic heterocycles. The molecule has 35 heavy (non-hydrogen) atoms. The molecular formula is C23H14BF8NOS. The van der Waals surface area contributed by atoms with Crippen LogP contribution in [0, 0.1) is 51.6 Å². The summed E-state index contributed by atoms with van der Waals surface area (Å²) in [7, 11) is -2.25. The zero-order valence-corrected chi connectivity index (χ0v) is 18.6. The van der Waals surface area contributed by atoms with Gasteiger partial charge in [-0.1, -0.05) is 34.5 Å². The van der Waals surface area contributed by atoms with Crippen molar-refractivity contribution in [2.24, 2.45) is 0 Å². The van der Waals surface area contributed by atoms with Crippen LogP contribution in [0.15, 0.2) is 54.6 Å². The minimum Gasteiger partial charge on any atom is -0.445 e. The summed E-state index contributed by atoms with van der Waals surface area (Å²) in [5, 5.41) is 11.6. The molecule has 2 nitrogen and oxygen atoms in total. The van der Waals surface area contributed by atoms with Gasteiger partial charge in [-0.15, -0.1) is 0 Å². The lowest BCUT2D eigenvalue weighted by Gasteiger charge is -2.17. The van der Waals surface area contributed by atoms with E-state index in [1.165, 1.54) is 0 Å². The highest BCUT2D eigenvalue weighted by Gasteiger charge is 2.37. The number of halogens is 8. The van der Waals surface area contributed by atoms with Crippen LogP contribution in [0.3, 0.4) is 0 Å². The maximum atomic E-state index is 12.5. The van der Waals surface area contributed by atoms with Crippen LogP contribution < -0.4 is 5.46 Å². The molecule has 0 aromatic heterocycles. The van der Waals surface area contributed by atoms with E-state index < -0.39 is 51.5 Å².